The Kier molecular flexibility index (Phi) is 1.84. The molecule has 2 aromatic rings. The van der Waals surface area contributed by atoms with E-state index in [4.69, 9.17) is 0 Å². The van der Waals surface area contributed by atoms with Crippen LogP contribution >= 0.6 is 11.8 Å². The Morgan fingerprint density at radius 2 is 1.79 bits per heavy atom. The molecule has 0 spiro atoms. The predicted molar refractivity (Wildman–Crippen MR) is 64.3 cm³/mol. The van der Waals surface area contributed by atoms with E-state index >= 15 is 0 Å². The highest BCUT2D eigenvalue weighted by atomic mass is 32.2. The predicted octanol–water partition coefficient (Wildman–Crippen LogP) is 4.06. The van der Waals surface area contributed by atoms with Gasteiger partial charge in [-0.25, -0.2) is 0 Å². The molecule has 0 amide bonds. The second kappa shape index (κ2) is 3.18. The highest BCUT2D eigenvalue weighted by Gasteiger charge is 2.05. The molecule has 0 bridgehead atoms. The third-order valence-corrected chi connectivity index (χ3v) is 3.40. The van der Waals surface area contributed by atoms with Gasteiger partial charge in [-0.05, 0) is 45.5 Å². The van der Waals surface area contributed by atoms with E-state index in [-0.39, 0.29) is 0 Å². The van der Waals surface area contributed by atoms with Crippen molar-refractivity contribution in [1.29, 1.82) is 0 Å². The minimum Gasteiger partial charge on any atom is -0.129 e. The maximum absolute atomic E-state index is 2.31. The Morgan fingerprint density at radius 1 is 1.00 bits per heavy atom. The van der Waals surface area contributed by atoms with Crippen molar-refractivity contribution in [2.45, 2.75) is 5.75 Å². The van der Waals surface area contributed by atoms with Gasteiger partial charge < -0.3 is 0 Å². The average Bonchev–Trinajstić information content (AvgIpc) is 2.26. The van der Waals surface area contributed by atoms with Gasteiger partial charge in [0.05, 0.1) is 0 Å². The van der Waals surface area contributed by atoms with Crippen LogP contribution in [0.1, 0.15) is 11.1 Å². The SMILES string of the molecule is C1=Cc2cc3ccccc3cc2CS1. The molecule has 1 heterocycles. The molecule has 2 aromatic carbocycles. The molecule has 0 N–H and O–H groups in total. The minimum atomic E-state index is 1.11. The van der Waals surface area contributed by atoms with Crippen LogP contribution in [-0.2, 0) is 5.75 Å². The number of benzene rings is 2. The van der Waals surface area contributed by atoms with Gasteiger partial charge >= 0.3 is 0 Å². The van der Waals surface area contributed by atoms with Crippen LogP contribution in [0, 0.1) is 0 Å². The molecule has 0 nitrogen and oxygen atoms in total. The Bertz CT molecular complexity index is 512. The molecule has 14 heavy (non-hydrogen) atoms. The molecule has 1 aliphatic rings. The molecule has 1 aliphatic heterocycles. The lowest BCUT2D eigenvalue weighted by Crippen LogP contribution is -1.89. The third-order valence-electron chi connectivity index (χ3n) is 2.59. The van der Waals surface area contributed by atoms with Crippen LogP contribution in [0.2, 0.25) is 0 Å². The second-order valence-electron chi connectivity index (χ2n) is 3.51. The lowest BCUT2D eigenvalue weighted by Gasteiger charge is -2.11. The molecular weight excluding hydrogens is 188 g/mol. The topological polar surface area (TPSA) is 0 Å². The van der Waals surface area contributed by atoms with E-state index in [0.29, 0.717) is 0 Å². The fourth-order valence-electron chi connectivity index (χ4n) is 1.84. The van der Waals surface area contributed by atoms with Gasteiger partial charge in [0.1, 0.15) is 0 Å². The van der Waals surface area contributed by atoms with Crippen LogP contribution in [0.25, 0.3) is 16.8 Å². The maximum Gasteiger partial charge on any atom is 0.0232 e. The van der Waals surface area contributed by atoms with Crippen molar-refractivity contribution in [3.05, 3.63) is 52.9 Å². The van der Waals surface area contributed by atoms with Crippen LogP contribution in [0.3, 0.4) is 0 Å². The summed E-state index contributed by atoms with van der Waals surface area (Å²) in [5.41, 5.74) is 2.83. The van der Waals surface area contributed by atoms with E-state index in [2.05, 4.69) is 47.9 Å². The summed E-state index contributed by atoms with van der Waals surface area (Å²) in [6.07, 6.45) is 2.20. The molecule has 0 aliphatic carbocycles. The Hall–Kier alpha value is -1.21. The molecule has 0 aromatic heterocycles. The summed E-state index contributed by atoms with van der Waals surface area (Å²) in [5, 5.41) is 4.86. The quantitative estimate of drug-likeness (QED) is 0.615. The van der Waals surface area contributed by atoms with E-state index in [1.807, 2.05) is 11.8 Å². The van der Waals surface area contributed by atoms with Crippen molar-refractivity contribution in [2.75, 3.05) is 0 Å². The second-order valence-corrected chi connectivity index (χ2v) is 4.41. The van der Waals surface area contributed by atoms with Gasteiger partial charge in [0, 0.05) is 5.75 Å². The fraction of sp³-hybridized carbons (Fsp3) is 0.0769. The standard InChI is InChI=1S/C13H10S/c1-2-4-11-8-13-9-14-6-5-12(13)7-10(11)3-1/h1-8H,9H2. The summed E-state index contributed by atoms with van der Waals surface area (Å²) in [6.45, 7) is 0. The average molecular weight is 198 g/mol. The van der Waals surface area contributed by atoms with E-state index in [1.54, 1.807) is 0 Å². The number of hydrogen-bond donors (Lipinski definition) is 0. The molecule has 0 unspecified atom stereocenters. The monoisotopic (exact) mass is 198 g/mol. The molecular formula is C13H10S. The van der Waals surface area contributed by atoms with Gasteiger partial charge in [-0.2, -0.15) is 0 Å². The number of rotatable bonds is 0. The molecule has 0 fully saturated rings. The zero-order chi connectivity index (χ0) is 9.38. The normalized spacial score (nSPS) is 14.3. The van der Waals surface area contributed by atoms with E-state index in [1.165, 1.54) is 21.9 Å². The lowest BCUT2D eigenvalue weighted by atomic mass is 10.0. The minimum absolute atomic E-state index is 1.11. The Morgan fingerprint density at radius 3 is 2.64 bits per heavy atom. The highest BCUT2D eigenvalue weighted by molar-refractivity contribution is 8.01. The number of hydrogen-bond acceptors (Lipinski definition) is 1. The lowest BCUT2D eigenvalue weighted by molar-refractivity contribution is 1.41. The first-order valence-electron chi connectivity index (χ1n) is 4.73. The molecule has 3 rings (SSSR count). The summed E-state index contributed by atoms with van der Waals surface area (Å²) in [4.78, 5) is 0. The van der Waals surface area contributed by atoms with Crippen molar-refractivity contribution >= 4 is 28.6 Å². The summed E-state index contributed by atoms with van der Waals surface area (Å²) in [7, 11) is 0. The fourth-order valence-corrected chi connectivity index (χ4v) is 2.61. The maximum atomic E-state index is 2.31. The van der Waals surface area contributed by atoms with Crippen molar-refractivity contribution in [1.82, 2.24) is 0 Å². The highest BCUT2D eigenvalue weighted by Crippen LogP contribution is 2.29. The zero-order valence-electron chi connectivity index (χ0n) is 7.73. The van der Waals surface area contributed by atoms with Gasteiger partial charge in [-0.3, -0.25) is 0 Å². The van der Waals surface area contributed by atoms with Crippen LogP contribution in [0.15, 0.2) is 41.8 Å². The van der Waals surface area contributed by atoms with Crippen molar-refractivity contribution < 1.29 is 0 Å². The molecule has 68 valence electrons. The van der Waals surface area contributed by atoms with Crippen molar-refractivity contribution in [3.8, 4) is 0 Å². The van der Waals surface area contributed by atoms with E-state index in [0.717, 1.165) is 5.75 Å². The summed E-state index contributed by atoms with van der Waals surface area (Å²) < 4.78 is 0. The summed E-state index contributed by atoms with van der Waals surface area (Å²) >= 11 is 1.87. The van der Waals surface area contributed by atoms with E-state index < -0.39 is 0 Å². The van der Waals surface area contributed by atoms with Gasteiger partial charge in [0.25, 0.3) is 0 Å². The molecule has 0 saturated heterocycles. The van der Waals surface area contributed by atoms with Gasteiger partial charge in [-0.15, -0.1) is 11.8 Å². The van der Waals surface area contributed by atoms with Crippen LogP contribution in [-0.4, -0.2) is 0 Å². The first-order valence-corrected chi connectivity index (χ1v) is 5.78. The van der Waals surface area contributed by atoms with Crippen LogP contribution in [0.4, 0.5) is 0 Å². The van der Waals surface area contributed by atoms with Gasteiger partial charge in [-0.1, -0.05) is 24.3 Å². The Labute approximate surface area is 87.6 Å². The molecule has 0 atom stereocenters. The van der Waals surface area contributed by atoms with Gasteiger partial charge in [0.2, 0.25) is 0 Å². The van der Waals surface area contributed by atoms with Crippen molar-refractivity contribution in [2.24, 2.45) is 0 Å². The number of fused-ring (bicyclic) bond motifs is 2. The molecule has 0 radical (unpaired) electrons. The third kappa shape index (κ3) is 1.25. The van der Waals surface area contributed by atoms with Gasteiger partial charge in [0.15, 0.2) is 0 Å². The smallest absolute Gasteiger partial charge is 0.0232 e. The van der Waals surface area contributed by atoms with E-state index in [9.17, 15) is 0 Å². The van der Waals surface area contributed by atoms with Crippen molar-refractivity contribution in [3.63, 3.8) is 0 Å². The number of thioether (sulfide) groups is 1. The Balaban J connectivity index is 2.34. The zero-order valence-corrected chi connectivity index (χ0v) is 8.55. The van der Waals surface area contributed by atoms with Crippen LogP contribution in [0.5, 0.6) is 0 Å². The summed E-state index contributed by atoms with van der Waals surface area (Å²) in [5.74, 6) is 1.11. The van der Waals surface area contributed by atoms with Crippen LogP contribution < -0.4 is 0 Å². The molecule has 1 heteroatoms. The largest absolute Gasteiger partial charge is 0.129 e. The first kappa shape index (κ1) is 8.13. The summed E-state index contributed by atoms with van der Waals surface area (Å²) in [6, 6.07) is 13.1. The molecule has 0 saturated carbocycles. The first-order chi connectivity index (χ1) is 6.93.